The second-order valence-electron chi connectivity index (χ2n) is 8.03. The van der Waals surface area contributed by atoms with Crippen molar-refractivity contribution in [3.63, 3.8) is 0 Å². The monoisotopic (exact) mass is 521 g/mol. The van der Waals surface area contributed by atoms with Crippen LogP contribution in [-0.4, -0.2) is 27.3 Å². The summed E-state index contributed by atoms with van der Waals surface area (Å²) in [5, 5.41) is 3.17. The first-order chi connectivity index (χ1) is 18.3. The van der Waals surface area contributed by atoms with Crippen molar-refractivity contribution in [2.45, 2.75) is 0 Å². The predicted molar refractivity (Wildman–Crippen MR) is 141 cm³/mol. The maximum atomic E-state index is 14.9. The van der Waals surface area contributed by atoms with Gasteiger partial charge in [0.05, 0.1) is 38.3 Å². The number of carbonyl (C=O) groups excluding carboxylic acids is 1. The van der Waals surface area contributed by atoms with Crippen molar-refractivity contribution in [1.29, 1.82) is 0 Å². The molecular formula is C28H25F2N3O5. The minimum atomic E-state index is -0.885. The number of rotatable bonds is 9. The maximum absolute atomic E-state index is 14.9. The van der Waals surface area contributed by atoms with Gasteiger partial charge in [0.25, 0.3) is 0 Å². The van der Waals surface area contributed by atoms with E-state index in [4.69, 9.17) is 24.8 Å². The molecule has 0 aliphatic heterocycles. The van der Waals surface area contributed by atoms with E-state index in [1.165, 1.54) is 39.5 Å². The molecule has 10 heteroatoms. The molecule has 0 saturated carbocycles. The topological polar surface area (TPSA) is 104 Å². The minimum absolute atomic E-state index is 0.0634. The summed E-state index contributed by atoms with van der Waals surface area (Å²) < 4.78 is 45.7. The average molecular weight is 522 g/mol. The Kier molecular flexibility index (Phi) is 7.93. The molecule has 0 bridgehead atoms. The maximum Gasteiger partial charge on any atom is 0.347 e. The third kappa shape index (κ3) is 5.76. The molecule has 8 nitrogen and oxygen atoms in total. The van der Waals surface area contributed by atoms with E-state index in [1.807, 2.05) is 0 Å². The Hall–Kier alpha value is -4.83. The van der Waals surface area contributed by atoms with E-state index in [2.05, 4.69) is 10.8 Å². The van der Waals surface area contributed by atoms with E-state index < -0.39 is 17.6 Å². The second kappa shape index (κ2) is 11.5. The molecule has 4 rings (SSSR count). The van der Waals surface area contributed by atoms with Crippen molar-refractivity contribution < 1.29 is 32.6 Å². The number of hydrogen-bond donors (Lipinski definition) is 3. The average Bonchev–Trinajstić information content (AvgIpc) is 2.90. The summed E-state index contributed by atoms with van der Waals surface area (Å²) in [5.41, 5.74) is 10.9. The largest absolute Gasteiger partial charge is 0.496 e. The van der Waals surface area contributed by atoms with Gasteiger partial charge < -0.3 is 25.3 Å². The van der Waals surface area contributed by atoms with E-state index in [-0.39, 0.29) is 22.6 Å². The van der Waals surface area contributed by atoms with Gasteiger partial charge in [0.15, 0.2) is 0 Å². The van der Waals surface area contributed by atoms with Crippen LogP contribution < -0.4 is 30.7 Å². The highest BCUT2D eigenvalue weighted by molar-refractivity contribution is 5.95. The van der Waals surface area contributed by atoms with Crippen molar-refractivity contribution in [3.05, 3.63) is 90.0 Å². The first kappa shape index (κ1) is 26.2. The molecule has 4 aromatic rings. The number of methoxy groups -OCH3 is 2. The number of hydrogen-bond acceptors (Lipinski definition) is 8. The van der Waals surface area contributed by atoms with Crippen LogP contribution in [0.2, 0.25) is 0 Å². The lowest BCUT2D eigenvalue weighted by molar-refractivity contribution is 0.0730. The second-order valence-corrected chi connectivity index (χ2v) is 8.03. The molecule has 0 aliphatic carbocycles. The Labute approximate surface area is 217 Å². The molecule has 196 valence electrons. The number of carbonyl (C=O) groups is 1. The van der Waals surface area contributed by atoms with Gasteiger partial charge in [0.2, 0.25) is 0 Å². The molecule has 0 amide bonds. The number of anilines is 4. The minimum Gasteiger partial charge on any atom is -0.496 e. The van der Waals surface area contributed by atoms with Gasteiger partial charge in [0, 0.05) is 35.6 Å². The lowest BCUT2D eigenvalue weighted by Crippen LogP contribution is -2.11. The number of halogens is 2. The Balaban J connectivity index is 1.54. The van der Waals surface area contributed by atoms with Gasteiger partial charge in [-0.3, -0.25) is 10.3 Å². The highest BCUT2D eigenvalue weighted by Gasteiger charge is 2.19. The molecule has 0 saturated heterocycles. The molecule has 0 fully saturated rings. The van der Waals surface area contributed by atoms with Crippen LogP contribution in [0.1, 0.15) is 10.4 Å². The number of nitrogens with one attached hydrogen (secondary N) is 2. The zero-order chi connectivity index (χ0) is 27.2. The number of benzene rings is 4. The van der Waals surface area contributed by atoms with Gasteiger partial charge >= 0.3 is 5.97 Å². The van der Waals surface area contributed by atoms with Crippen molar-refractivity contribution in [3.8, 4) is 28.4 Å². The lowest BCUT2D eigenvalue weighted by atomic mass is 10.0. The molecule has 0 heterocycles. The fourth-order valence-corrected chi connectivity index (χ4v) is 3.77. The van der Waals surface area contributed by atoms with Crippen LogP contribution in [0.3, 0.4) is 0 Å². The van der Waals surface area contributed by atoms with Crippen LogP contribution in [0.25, 0.3) is 11.1 Å². The van der Waals surface area contributed by atoms with Crippen molar-refractivity contribution in [2.75, 3.05) is 37.9 Å². The summed E-state index contributed by atoms with van der Waals surface area (Å²) >= 11 is 0. The zero-order valence-corrected chi connectivity index (χ0v) is 20.8. The molecule has 0 radical (unpaired) electrons. The van der Waals surface area contributed by atoms with E-state index >= 15 is 0 Å². The van der Waals surface area contributed by atoms with Gasteiger partial charge in [-0.15, -0.1) is 0 Å². The Bertz CT molecular complexity index is 1440. The smallest absolute Gasteiger partial charge is 0.347 e. The SMILES string of the molecule is CONc1ccc(-c2c(F)cc(OC(=O)c3ccc(Nc4ccc(N)cc4OC)cc3OC)cc2F)cc1. The number of ether oxygens (including phenoxy) is 3. The summed E-state index contributed by atoms with van der Waals surface area (Å²) in [6.45, 7) is 0. The quantitative estimate of drug-likeness (QED) is 0.104. The van der Waals surface area contributed by atoms with Crippen LogP contribution in [0.5, 0.6) is 17.2 Å². The molecule has 0 aromatic heterocycles. The summed E-state index contributed by atoms with van der Waals surface area (Å²) in [6, 6.07) is 18.0. The molecule has 0 atom stereocenters. The van der Waals surface area contributed by atoms with E-state index in [0.29, 0.717) is 34.1 Å². The van der Waals surface area contributed by atoms with Crippen LogP contribution in [0.15, 0.2) is 72.8 Å². The fraction of sp³-hybridized carbons (Fsp3) is 0.107. The van der Waals surface area contributed by atoms with Crippen LogP contribution in [0, 0.1) is 11.6 Å². The molecule has 38 heavy (non-hydrogen) atoms. The molecule has 0 aliphatic rings. The van der Waals surface area contributed by atoms with Crippen molar-refractivity contribution in [1.82, 2.24) is 0 Å². The van der Waals surface area contributed by atoms with Gasteiger partial charge in [-0.2, -0.15) is 0 Å². The Morgan fingerprint density at radius 1 is 0.789 bits per heavy atom. The standard InChI is InChI=1S/C28H25F2N3O5/c1-35-25-13-19(32-24-11-6-17(31)12-26(24)36-2)9-10-21(25)28(34)38-20-14-22(29)27(23(30)15-20)16-4-7-18(8-5-16)33-37-3/h4-15,32-33H,31H2,1-3H3. The normalized spacial score (nSPS) is 10.6. The summed E-state index contributed by atoms with van der Waals surface area (Å²) in [7, 11) is 4.36. The lowest BCUT2D eigenvalue weighted by Gasteiger charge is -2.14. The highest BCUT2D eigenvalue weighted by Crippen LogP contribution is 2.34. The first-order valence-corrected chi connectivity index (χ1v) is 11.3. The predicted octanol–water partition coefficient (Wildman–Crippen LogP) is 6.17. The van der Waals surface area contributed by atoms with Crippen LogP contribution in [-0.2, 0) is 4.84 Å². The van der Waals surface area contributed by atoms with Crippen LogP contribution in [0.4, 0.5) is 31.5 Å². The van der Waals surface area contributed by atoms with Crippen LogP contribution >= 0.6 is 0 Å². The Morgan fingerprint density at radius 2 is 1.45 bits per heavy atom. The van der Waals surface area contributed by atoms with E-state index in [9.17, 15) is 13.6 Å². The molecule has 4 aromatic carbocycles. The molecule has 4 N–H and O–H groups in total. The number of esters is 1. The fourth-order valence-electron chi connectivity index (χ4n) is 3.77. The third-order valence-electron chi connectivity index (χ3n) is 5.55. The zero-order valence-electron chi connectivity index (χ0n) is 20.8. The van der Waals surface area contributed by atoms with Crippen molar-refractivity contribution in [2.24, 2.45) is 0 Å². The van der Waals surface area contributed by atoms with Crippen molar-refractivity contribution >= 4 is 28.7 Å². The number of nitrogen functional groups attached to an aromatic ring is 1. The van der Waals surface area contributed by atoms with Gasteiger partial charge in [-0.1, -0.05) is 12.1 Å². The summed E-state index contributed by atoms with van der Waals surface area (Å²) in [5.74, 6) is -2.19. The van der Waals surface area contributed by atoms with Gasteiger partial charge in [0.1, 0.15) is 34.4 Å². The third-order valence-corrected chi connectivity index (χ3v) is 5.55. The highest BCUT2D eigenvalue weighted by atomic mass is 19.1. The first-order valence-electron chi connectivity index (χ1n) is 11.3. The molecule has 0 spiro atoms. The summed E-state index contributed by atoms with van der Waals surface area (Å²) in [6.07, 6.45) is 0. The number of nitrogens with two attached hydrogens (primary N) is 1. The Morgan fingerprint density at radius 3 is 2.08 bits per heavy atom. The van der Waals surface area contributed by atoms with E-state index in [0.717, 1.165) is 12.1 Å². The van der Waals surface area contributed by atoms with Gasteiger partial charge in [-0.05, 0) is 42.0 Å². The molecule has 0 unspecified atom stereocenters. The van der Waals surface area contributed by atoms with E-state index in [1.54, 1.807) is 42.5 Å². The molecular weight excluding hydrogens is 496 g/mol. The van der Waals surface area contributed by atoms with Gasteiger partial charge in [-0.25, -0.2) is 13.6 Å². The summed E-state index contributed by atoms with van der Waals surface area (Å²) in [4.78, 5) is 17.7.